The van der Waals surface area contributed by atoms with Crippen molar-refractivity contribution >= 4 is 17.4 Å². The molecule has 1 aromatic heterocycles. The Bertz CT molecular complexity index is 654. The Morgan fingerprint density at radius 1 is 1.30 bits per heavy atom. The second-order valence-corrected chi connectivity index (χ2v) is 4.76. The van der Waals surface area contributed by atoms with Gasteiger partial charge in [-0.05, 0) is 42.3 Å². The highest BCUT2D eigenvalue weighted by atomic mass is 16.1. The summed E-state index contributed by atoms with van der Waals surface area (Å²) in [5.41, 5.74) is 9.32. The van der Waals surface area contributed by atoms with Gasteiger partial charge in [-0.25, -0.2) is 4.98 Å². The van der Waals surface area contributed by atoms with Crippen LogP contribution in [0.3, 0.4) is 0 Å². The van der Waals surface area contributed by atoms with Gasteiger partial charge in [-0.1, -0.05) is 12.1 Å². The summed E-state index contributed by atoms with van der Waals surface area (Å²) in [6, 6.07) is 9.50. The minimum absolute atomic E-state index is 0.402. The SMILES string of the molecule is NC(=O)c1cccnc1Nc1cccc2c1CCNC2. The van der Waals surface area contributed by atoms with Crippen LogP contribution in [0.2, 0.25) is 0 Å². The van der Waals surface area contributed by atoms with Gasteiger partial charge in [0.2, 0.25) is 0 Å². The molecule has 1 amide bonds. The lowest BCUT2D eigenvalue weighted by molar-refractivity contribution is 0.100. The van der Waals surface area contributed by atoms with Gasteiger partial charge in [-0.3, -0.25) is 4.79 Å². The summed E-state index contributed by atoms with van der Waals surface area (Å²) in [6.45, 7) is 1.83. The number of carbonyl (C=O) groups is 1. The Kier molecular flexibility index (Phi) is 3.35. The Morgan fingerprint density at radius 2 is 2.20 bits per heavy atom. The molecule has 0 atom stereocenters. The van der Waals surface area contributed by atoms with E-state index in [-0.39, 0.29) is 0 Å². The monoisotopic (exact) mass is 268 g/mol. The molecule has 1 aromatic carbocycles. The second-order valence-electron chi connectivity index (χ2n) is 4.76. The molecule has 0 unspecified atom stereocenters. The van der Waals surface area contributed by atoms with Crippen molar-refractivity contribution in [3.8, 4) is 0 Å². The number of hydrogen-bond acceptors (Lipinski definition) is 4. The molecule has 0 aliphatic carbocycles. The number of rotatable bonds is 3. The van der Waals surface area contributed by atoms with Crippen LogP contribution in [0, 0.1) is 0 Å². The van der Waals surface area contributed by atoms with Crippen molar-refractivity contribution in [3.05, 3.63) is 53.2 Å². The number of pyridine rings is 1. The maximum Gasteiger partial charge on any atom is 0.252 e. The van der Waals surface area contributed by atoms with E-state index >= 15 is 0 Å². The van der Waals surface area contributed by atoms with Crippen LogP contribution in [-0.4, -0.2) is 17.4 Å². The third kappa shape index (κ3) is 2.35. The van der Waals surface area contributed by atoms with E-state index in [1.54, 1.807) is 18.3 Å². The van der Waals surface area contributed by atoms with Gasteiger partial charge in [0.25, 0.3) is 5.91 Å². The molecule has 1 aliphatic heterocycles. The molecular formula is C15H16N4O. The molecular weight excluding hydrogens is 252 g/mol. The van der Waals surface area contributed by atoms with Crippen molar-refractivity contribution in [1.29, 1.82) is 0 Å². The average molecular weight is 268 g/mol. The quantitative estimate of drug-likeness (QED) is 0.789. The standard InChI is InChI=1S/C15H16N4O/c16-14(20)12-4-2-7-18-15(12)19-13-5-1-3-10-9-17-8-6-11(10)13/h1-5,7,17H,6,8-9H2,(H2,16,20)(H,18,19). The zero-order chi connectivity index (χ0) is 13.9. The van der Waals surface area contributed by atoms with Gasteiger partial charge in [0.05, 0.1) is 5.56 Å². The van der Waals surface area contributed by atoms with Gasteiger partial charge in [0, 0.05) is 18.4 Å². The van der Waals surface area contributed by atoms with E-state index in [4.69, 9.17) is 5.73 Å². The van der Waals surface area contributed by atoms with E-state index < -0.39 is 5.91 Å². The first-order valence-electron chi connectivity index (χ1n) is 6.59. The molecule has 5 heteroatoms. The van der Waals surface area contributed by atoms with Gasteiger partial charge < -0.3 is 16.4 Å². The van der Waals surface area contributed by atoms with E-state index in [0.717, 1.165) is 25.2 Å². The maximum absolute atomic E-state index is 11.4. The molecule has 0 radical (unpaired) electrons. The molecule has 102 valence electrons. The van der Waals surface area contributed by atoms with Gasteiger partial charge in [-0.15, -0.1) is 0 Å². The second kappa shape index (κ2) is 5.30. The number of primary amides is 1. The van der Waals surface area contributed by atoms with Crippen LogP contribution in [0.25, 0.3) is 0 Å². The predicted octanol–water partition coefficient (Wildman–Crippen LogP) is 1.57. The first-order chi connectivity index (χ1) is 9.75. The summed E-state index contributed by atoms with van der Waals surface area (Å²) in [6.07, 6.45) is 2.60. The zero-order valence-electron chi connectivity index (χ0n) is 11.0. The van der Waals surface area contributed by atoms with Crippen LogP contribution in [0.5, 0.6) is 0 Å². The van der Waals surface area contributed by atoms with E-state index in [1.165, 1.54) is 11.1 Å². The third-order valence-electron chi connectivity index (χ3n) is 3.47. The number of aromatic nitrogens is 1. The molecule has 0 bridgehead atoms. The normalized spacial score (nSPS) is 13.6. The first kappa shape index (κ1) is 12.6. The van der Waals surface area contributed by atoms with Crippen molar-refractivity contribution in [3.63, 3.8) is 0 Å². The van der Waals surface area contributed by atoms with Crippen LogP contribution < -0.4 is 16.4 Å². The van der Waals surface area contributed by atoms with E-state index in [1.807, 2.05) is 12.1 Å². The molecule has 3 rings (SSSR count). The molecule has 0 spiro atoms. The lowest BCUT2D eigenvalue weighted by atomic mass is 9.99. The van der Waals surface area contributed by atoms with Crippen molar-refractivity contribution in [2.24, 2.45) is 5.73 Å². The van der Waals surface area contributed by atoms with Gasteiger partial charge in [0.15, 0.2) is 0 Å². The largest absolute Gasteiger partial charge is 0.365 e. The highest BCUT2D eigenvalue weighted by Crippen LogP contribution is 2.26. The average Bonchev–Trinajstić information content (AvgIpc) is 2.48. The highest BCUT2D eigenvalue weighted by molar-refractivity contribution is 5.98. The Morgan fingerprint density at radius 3 is 3.05 bits per heavy atom. The van der Waals surface area contributed by atoms with Crippen LogP contribution in [0.4, 0.5) is 11.5 Å². The van der Waals surface area contributed by atoms with E-state index in [9.17, 15) is 4.79 Å². The number of anilines is 2. The van der Waals surface area contributed by atoms with Crippen molar-refractivity contribution in [2.75, 3.05) is 11.9 Å². The van der Waals surface area contributed by atoms with Crippen LogP contribution >= 0.6 is 0 Å². The fourth-order valence-corrected chi connectivity index (χ4v) is 2.48. The molecule has 0 saturated carbocycles. The predicted molar refractivity (Wildman–Crippen MR) is 77.9 cm³/mol. The molecule has 0 saturated heterocycles. The molecule has 2 aromatic rings. The Labute approximate surface area is 117 Å². The molecule has 20 heavy (non-hydrogen) atoms. The summed E-state index contributed by atoms with van der Waals surface area (Å²) in [7, 11) is 0. The topological polar surface area (TPSA) is 80.0 Å². The number of nitrogens with one attached hydrogen (secondary N) is 2. The van der Waals surface area contributed by atoms with Crippen molar-refractivity contribution in [1.82, 2.24) is 10.3 Å². The third-order valence-corrected chi connectivity index (χ3v) is 3.47. The number of nitrogens with zero attached hydrogens (tertiary/aromatic N) is 1. The zero-order valence-corrected chi connectivity index (χ0v) is 11.0. The Hall–Kier alpha value is -2.40. The number of amides is 1. The number of fused-ring (bicyclic) bond motifs is 1. The number of benzene rings is 1. The fraction of sp³-hybridized carbons (Fsp3) is 0.200. The summed E-state index contributed by atoms with van der Waals surface area (Å²) in [5, 5.41) is 6.59. The summed E-state index contributed by atoms with van der Waals surface area (Å²) >= 11 is 0. The number of hydrogen-bond donors (Lipinski definition) is 3. The van der Waals surface area contributed by atoms with Gasteiger partial charge >= 0.3 is 0 Å². The highest BCUT2D eigenvalue weighted by Gasteiger charge is 2.15. The first-order valence-corrected chi connectivity index (χ1v) is 6.59. The smallest absolute Gasteiger partial charge is 0.252 e. The van der Waals surface area contributed by atoms with E-state index in [0.29, 0.717) is 11.4 Å². The number of carbonyl (C=O) groups excluding carboxylic acids is 1. The minimum atomic E-state index is -0.480. The van der Waals surface area contributed by atoms with Crippen molar-refractivity contribution in [2.45, 2.75) is 13.0 Å². The lowest BCUT2D eigenvalue weighted by Crippen LogP contribution is -2.24. The Balaban J connectivity index is 1.98. The molecule has 4 N–H and O–H groups in total. The minimum Gasteiger partial charge on any atom is -0.365 e. The van der Waals surface area contributed by atoms with Crippen molar-refractivity contribution < 1.29 is 4.79 Å². The maximum atomic E-state index is 11.4. The lowest BCUT2D eigenvalue weighted by Gasteiger charge is -2.21. The molecule has 5 nitrogen and oxygen atoms in total. The van der Waals surface area contributed by atoms with Gasteiger partial charge in [-0.2, -0.15) is 0 Å². The number of nitrogens with two attached hydrogens (primary N) is 1. The fourth-order valence-electron chi connectivity index (χ4n) is 2.48. The van der Waals surface area contributed by atoms with Crippen LogP contribution in [0.1, 0.15) is 21.5 Å². The molecule has 0 fully saturated rings. The molecule has 2 heterocycles. The van der Waals surface area contributed by atoms with E-state index in [2.05, 4.69) is 21.7 Å². The van der Waals surface area contributed by atoms with Crippen LogP contribution in [0.15, 0.2) is 36.5 Å². The summed E-state index contributed by atoms with van der Waals surface area (Å²) in [5.74, 6) is 0.0269. The summed E-state index contributed by atoms with van der Waals surface area (Å²) in [4.78, 5) is 15.6. The molecule has 1 aliphatic rings. The summed E-state index contributed by atoms with van der Waals surface area (Å²) < 4.78 is 0. The van der Waals surface area contributed by atoms with Gasteiger partial charge in [0.1, 0.15) is 5.82 Å². The van der Waals surface area contributed by atoms with Crippen LogP contribution in [-0.2, 0) is 13.0 Å².